The van der Waals surface area contributed by atoms with E-state index in [1.165, 1.54) is 6.07 Å². The number of carbonyl (C=O) groups excluding carboxylic acids is 1. The highest BCUT2D eigenvalue weighted by Crippen LogP contribution is 2.47. The number of amides is 1. The number of halogens is 1. The molecule has 2 aromatic rings. The molecule has 2 heterocycles. The van der Waals surface area contributed by atoms with Crippen LogP contribution in [0.1, 0.15) is 36.0 Å². The Hall–Kier alpha value is -2.93. The Morgan fingerprint density at radius 2 is 2.03 bits per heavy atom. The molecule has 0 aromatic heterocycles. The smallest absolute Gasteiger partial charge is 0.232 e. The first-order valence-electron chi connectivity index (χ1n) is 10.4. The van der Waals surface area contributed by atoms with Crippen molar-refractivity contribution in [3.05, 3.63) is 58.9 Å². The van der Waals surface area contributed by atoms with Crippen LogP contribution in [0.4, 0.5) is 15.8 Å². The van der Waals surface area contributed by atoms with Gasteiger partial charge in [0.05, 0.1) is 12.0 Å². The van der Waals surface area contributed by atoms with Crippen LogP contribution in [0, 0.1) is 18.2 Å². The number of nitrogens with zero attached hydrogens (tertiary/aromatic N) is 1. The Morgan fingerprint density at radius 3 is 2.77 bits per heavy atom. The highest BCUT2D eigenvalue weighted by molar-refractivity contribution is 6.00. The second kappa shape index (κ2) is 7.09. The fourth-order valence-corrected chi connectivity index (χ4v) is 4.91. The van der Waals surface area contributed by atoms with E-state index in [2.05, 4.69) is 10.6 Å². The molecule has 0 radical (unpaired) electrons. The normalized spacial score (nSPS) is 23.7. The largest absolute Gasteiger partial charge is 0.381 e. The summed E-state index contributed by atoms with van der Waals surface area (Å²) in [5.74, 6) is -0.0294. The molecule has 1 amide bonds. The maximum Gasteiger partial charge on any atom is 0.232 e. The molecular formula is C23H25FN4O2. The van der Waals surface area contributed by atoms with Crippen LogP contribution in [0.2, 0.25) is 0 Å². The number of guanidine groups is 1. The molecule has 3 N–H and O–H groups in total. The Morgan fingerprint density at radius 1 is 1.23 bits per heavy atom. The van der Waals surface area contributed by atoms with Crippen molar-refractivity contribution in [3.63, 3.8) is 0 Å². The third-order valence-electron chi connectivity index (χ3n) is 6.48. The zero-order chi connectivity index (χ0) is 20.9. The summed E-state index contributed by atoms with van der Waals surface area (Å²) in [7, 11) is 0. The van der Waals surface area contributed by atoms with Crippen LogP contribution < -0.4 is 10.6 Å². The summed E-state index contributed by atoms with van der Waals surface area (Å²) >= 11 is 0. The van der Waals surface area contributed by atoms with Gasteiger partial charge in [-0.2, -0.15) is 0 Å². The van der Waals surface area contributed by atoms with Gasteiger partial charge in [-0.05, 0) is 60.7 Å². The zero-order valence-electron chi connectivity index (χ0n) is 16.9. The minimum Gasteiger partial charge on any atom is -0.381 e. The lowest BCUT2D eigenvalue weighted by molar-refractivity contribution is -0.134. The maximum atomic E-state index is 13.6. The number of rotatable bonds is 3. The highest BCUT2D eigenvalue weighted by atomic mass is 19.1. The van der Waals surface area contributed by atoms with Crippen molar-refractivity contribution in [1.82, 2.24) is 10.2 Å². The predicted molar refractivity (Wildman–Crippen MR) is 112 cm³/mol. The lowest BCUT2D eigenvalue weighted by Gasteiger charge is -2.51. The van der Waals surface area contributed by atoms with Gasteiger partial charge in [0.2, 0.25) is 5.91 Å². The van der Waals surface area contributed by atoms with Gasteiger partial charge < -0.3 is 15.4 Å². The third-order valence-corrected chi connectivity index (χ3v) is 6.48. The van der Waals surface area contributed by atoms with E-state index in [0.29, 0.717) is 31.6 Å². The fourth-order valence-electron chi connectivity index (χ4n) is 4.91. The highest BCUT2D eigenvalue weighted by Gasteiger charge is 2.51. The van der Waals surface area contributed by atoms with Crippen LogP contribution >= 0.6 is 0 Å². The SMILES string of the molecule is Cc1cc(Nc2cccc3c2C[C@]32CC(=O)N(C3CCOCC3)C(=N)N2)ccc1F. The summed E-state index contributed by atoms with van der Waals surface area (Å²) in [4.78, 5) is 14.6. The summed E-state index contributed by atoms with van der Waals surface area (Å²) in [6.45, 7) is 3.01. The average Bonchev–Trinajstić information content (AvgIpc) is 2.71. The Kier molecular flexibility index (Phi) is 4.50. The number of hydrogen-bond acceptors (Lipinski definition) is 4. The van der Waals surface area contributed by atoms with Crippen molar-refractivity contribution in [2.45, 2.75) is 44.2 Å². The van der Waals surface area contributed by atoms with Gasteiger partial charge in [-0.15, -0.1) is 0 Å². The van der Waals surface area contributed by atoms with Gasteiger partial charge in [0, 0.05) is 37.1 Å². The third kappa shape index (κ3) is 3.04. The fraction of sp³-hybridized carbons (Fsp3) is 0.391. The predicted octanol–water partition coefficient (Wildman–Crippen LogP) is 3.56. The first kappa shape index (κ1) is 19.1. The first-order valence-corrected chi connectivity index (χ1v) is 10.4. The van der Waals surface area contributed by atoms with Crippen LogP contribution in [0.5, 0.6) is 0 Å². The van der Waals surface area contributed by atoms with E-state index in [0.717, 1.165) is 35.3 Å². The molecule has 0 unspecified atom stereocenters. The van der Waals surface area contributed by atoms with Gasteiger partial charge in [-0.25, -0.2) is 4.39 Å². The molecule has 5 rings (SSSR count). The van der Waals surface area contributed by atoms with Gasteiger partial charge >= 0.3 is 0 Å². The number of aryl methyl sites for hydroxylation is 1. The van der Waals surface area contributed by atoms with E-state index in [9.17, 15) is 9.18 Å². The summed E-state index contributed by atoms with van der Waals surface area (Å²) in [5.41, 5.74) is 4.04. The molecule has 2 fully saturated rings. The summed E-state index contributed by atoms with van der Waals surface area (Å²) < 4.78 is 19.0. The molecule has 0 bridgehead atoms. The number of anilines is 2. The average molecular weight is 408 g/mol. The molecule has 6 nitrogen and oxygen atoms in total. The quantitative estimate of drug-likeness (QED) is 0.726. The summed E-state index contributed by atoms with van der Waals surface area (Å²) in [6.07, 6.45) is 2.55. The molecule has 0 saturated carbocycles. The molecule has 156 valence electrons. The molecule has 2 aliphatic heterocycles. The number of nitrogens with one attached hydrogen (secondary N) is 3. The number of fused-ring (bicyclic) bond motifs is 2. The van der Waals surface area contributed by atoms with Gasteiger partial charge in [-0.3, -0.25) is 15.1 Å². The lowest BCUT2D eigenvalue weighted by Crippen LogP contribution is -2.66. The van der Waals surface area contributed by atoms with Crippen LogP contribution in [-0.4, -0.2) is 36.0 Å². The van der Waals surface area contributed by atoms with Gasteiger partial charge in [0.15, 0.2) is 5.96 Å². The van der Waals surface area contributed by atoms with Gasteiger partial charge in [-0.1, -0.05) is 12.1 Å². The van der Waals surface area contributed by atoms with Crippen LogP contribution in [0.3, 0.4) is 0 Å². The number of carbonyl (C=O) groups is 1. The van der Waals surface area contributed by atoms with Crippen molar-refractivity contribution in [1.29, 1.82) is 5.41 Å². The van der Waals surface area contributed by atoms with Crippen LogP contribution in [0.25, 0.3) is 0 Å². The number of benzene rings is 2. The number of hydrogen-bond donors (Lipinski definition) is 3. The van der Waals surface area contributed by atoms with Crippen molar-refractivity contribution in [2.75, 3.05) is 18.5 Å². The minimum atomic E-state index is -0.512. The minimum absolute atomic E-state index is 0.00354. The van der Waals surface area contributed by atoms with Crippen LogP contribution in [0.15, 0.2) is 36.4 Å². The van der Waals surface area contributed by atoms with E-state index in [4.69, 9.17) is 10.1 Å². The maximum absolute atomic E-state index is 13.6. The Bertz CT molecular complexity index is 1010. The second-order valence-corrected chi connectivity index (χ2v) is 8.44. The first-order chi connectivity index (χ1) is 14.5. The standard InChI is InChI=1S/C23H25FN4O2/c1-14-11-15(5-6-19(14)24)26-20-4-2-3-18-17(20)12-23(18)13-21(29)28(22(25)27-23)16-7-9-30-10-8-16/h2-6,11,16,26H,7-10,12-13H2,1H3,(H2,25,27)/t23-/m0/s1. The Balaban J connectivity index is 1.38. The van der Waals surface area contributed by atoms with Crippen LogP contribution in [-0.2, 0) is 21.5 Å². The number of ether oxygens (including phenoxy) is 1. The molecule has 1 atom stereocenters. The van der Waals surface area contributed by atoms with E-state index in [-0.39, 0.29) is 23.7 Å². The molecule has 2 aromatic carbocycles. The second-order valence-electron chi connectivity index (χ2n) is 8.44. The van der Waals surface area contributed by atoms with E-state index >= 15 is 0 Å². The monoisotopic (exact) mass is 408 g/mol. The topological polar surface area (TPSA) is 77.5 Å². The molecule has 1 aliphatic carbocycles. The van der Waals surface area contributed by atoms with E-state index in [1.807, 2.05) is 18.2 Å². The molecule has 1 spiro atoms. The van der Waals surface area contributed by atoms with Gasteiger partial charge in [0.25, 0.3) is 0 Å². The molecule has 2 saturated heterocycles. The molecule has 3 aliphatic rings. The molecular weight excluding hydrogens is 383 g/mol. The van der Waals surface area contributed by atoms with Crippen molar-refractivity contribution in [2.24, 2.45) is 0 Å². The molecule has 30 heavy (non-hydrogen) atoms. The molecule has 7 heteroatoms. The summed E-state index contributed by atoms with van der Waals surface area (Å²) in [5, 5.41) is 15.2. The zero-order valence-corrected chi connectivity index (χ0v) is 16.9. The van der Waals surface area contributed by atoms with Crippen molar-refractivity contribution in [3.8, 4) is 0 Å². The van der Waals surface area contributed by atoms with Gasteiger partial charge in [0.1, 0.15) is 5.82 Å². The van der Waals surface area contributed by atoms with Crippen molar-refractivity contribution >= 4 is 23.2 Å². The lowest BCUT2D eigenvalue weighted by atomic mass is 9.67. The van der Waals surface area contributed by atoms with E-state index < -0.39 is 5.54 Å². The van der Waals surface area contributed by atoms with E-state index in [1.54, 1.807) is 24.0 Å². The summed E-state index contributed by atoms with van der Waals surface area (Å²) in [6, 6.07) is 11.0. The Labute approximate surface area is 174 Å². The van der Waals surface area contributed by atoms with Crippen molar-refractivity contribution < 1.29 is 13.9 Å².